The van der Waals surface area contributed by atoms with Crippen molar-refractivity contribution in [2.24, 2.45) is 5.92 Å². The number of aryl methyl sites for hydroxylation is 1. The molecule has 3 heteroatoms. The van der Waals surface area contributed by atoms with Crippen molar-refractivity contribution in [3.8, 4) is 5.75 Å². The van der Waals surface area contributed by atoms with Crippen LogP contribution in [-0.4, -0.2) is 26.4 Å². The average Bonchev–Trinajstić information content (AvgIpc) is 2.27. The van der Waals surface area contributed by atoms with Gasteiger partial charge in [0.05, 0.1) is 19.8 Å². The van der Waals surface area contributed by atoms with E-state index in [-0.39, 0.29) is 0 Å². The van der Waals surface area contributed by atoms with E-state index in [0.717, 1.165) is 38.5 Å². The van der Waals surface area contributed by atoms with Crippen molar-refractivity contribution in [2.45, 2.75) is 12.8 Å². The first-order valence-corrected chi connectivity index (χ1v) is 5.99. The number of fused-ring (bicyclic) bond motifs is 1. The van der Waals surface area contributed by atoms with Crippen molar-refractivity contribution in [3.05, 3.63) is 23.8 Å². The predicted molar refractivity (Wildman–Crippen MR) is 63.1 cm³/mol. The zero-order valence-electron chi connectivity index (χ0n) is 9.37. The monoisotopic (exact) mass is 219 g/mol. The highest BCUT2D eigenvalue weighted by atomic mass is 16.5. The molecule has 0 radical (unpaired) electrons. The van der Waals surface area contributed by atoms with E-state index in [2.05, 4.69) is 23.5 Å². The Hall–Kier alpha value is -1.22. The van der Waals surface area contributed by atoms with Gasteiger partial charge in [0.15, 0.2) is 0 Å². The second kappa shape index (κ2) is 4.34. The van der Waals surface area contributed by atoms with Gasteiger partial charge in [-0.1, -0.05) is 0 Å². The Bertz CT molecular complexity index is 374. The standard InChI is InChI=1S/C13H17NO2/c1-2-11-6-12(3-4-13(11)14-5-1)16-9-10-7-15-8-10/h3-4,6,10,14H,1-2,5,7-9H2. The Balaban J connectivity index is 1.65. The molecule has 3 nitrogen and oxygen atoms in total. The maximum absolute atomic E-state index is 5.77. The molecule has 0 saturated carbocycles. The van der Waals surface area contributed by atoms with Gasteiger partial charge in [0.2, 0.25) is 0 Å². The summed E-state index contributed by atoms with van der Waals surface area (Å²) in [6.07, 6.45) is 2.37. The van der Waals surface area contributed by atoms with Gasteiger partial charge >= 0.3 is 0 Å². The summed E-state index contributed by atoms with van der Waals surface area (Å²) in [6, 6.07) is 6.35. The van der Waals surface area contributed by atoms with Crippen LogP contribution in [0.15, 0.2) is 18.2 Å². The Labute approximate surface area is 95.8 Å². The molecule has 2 aliphatic heterocycles. The summed E-state index contributed by atoms with van der Waals surface area (Å²) in [6.45, 7) is 3.58. The molecule has 86 valence electrons. The number of benzene rings is 1. The number of nitrogens with one attached hydrogen (secondary N) is 1. The zero-order chi connectivity index (χ0) is 10.8. The van der Waals surface area contributed by atoms with Gasteiger partial charge in [0.1, 0.15) is 5.75 Å². The van der Waals surface area contributed by atoms with Crippen molar-refractivity contribution < 1.29 is 9.47 Å². The molecule has 2 aliphatic rings. The SMILES string of the molecule is c1cc2c(cc1OCC1COC1)CCCN2. The van der Waals surface area contributed by atoms with Gasteiger partial charge in [0, 0.05) is 18.2 Å². The molecule has 0 atom stereocenters. The van der Waals surface area contributed by atoms with E-state index in [1.54, 1.807) is 0 Å². The highest BCUT2D eigenvalue weighted by Gasteiger charge is 2.19. The third-order valence-electron chi connectivity index (χ3n) is 3.21. The molecule has 1 N–H and O–H groups in total. The van der Waals surface area contributed by atoms with Crippen LogP contribution in [0.25, 0.3) is 0 Å². The molecule has 0 bridgehead atoms. The molecule has 0 spiro atoms. The van der Waals surface area contributed by atoms with Crippen LogP contribution in [0.1, 0.15) is 12.0 Å². The van der Waals surface area contributed by atoms with Crippen LogP contribution in [0.4, 0.5) is 5.69 Å². The third-order valence-corrected chi connectivity index (χ3v) is 3.21. The van der Waals surface area contributed by atoms with Crippen molar-refractivity contribution in [1.29, 1.82) is 0 Å². The summed E-state index contributed by atoms with van der Waals surface area (Å²) in [4.78, 5) is 0. The Morgan fingerprint density at radius 2 is 2.31 bits per heavy atom. The highest BCUT2D eigenvalue weighted by Crippen LogP contribution is 2.26. The second-order valence-corrected chi connectivity index (χ2v) is 4.56. The van der Waals surface area contributed by atoms with Crippen LogP contribution in [0.2, 0.25) is 0 Å². The minimum Gasteiger partial charge on any atom is -0.493 e. The summed E-state index contributed by atoms with van der Waals surface area (Å²) in [5.74, 6) is 1.59. The molecule has 16 heavy (non-hydrogen) atoms. The minimum absolute atomic E-state index is 0.592. The minimum atomic E-state index is 0.592. The normalized spacial score (nSPS) is 19.5. The van der Waals surface area contributed by atoms with Crippen LogP contribution in [0.5, 0.6) is 5.75 Å². The fourth-order valence-electron chi connectivity index (χ4n) is 2.14. The van der Waals surface area contributed by atoms with Gasteiger partial charge in [-0.15, -0.1) is 0 Å². The van der Waals surface area contributed by atoms with Gasteiger partial charge in [-0.2, -0.15) is 0 Å². The molecule has 0 aliphatic carbocycles. The fraction of sp³-hybridized carbons (Fsp3) is 0.538. The molecule has 3 rings (SSSR count). The lowest BCUT2D eigenvalue weighted by Gasteiger charge is -2.26. The largest absolute Gasteiger partial charge is 0.493 e. The summed E-state index contributed by atoms with van der Waals surface area (Å²) >= 11 is 0. The molecule has 1 aromatic rings. The van der Waals surface area contributed by atoms with E-state index in [0.29, 0.717) is 5.92 Å². The quantitative estimate of drug-likeness (QED) is 0.844. The average molecular weight is 219 g/mol. The van der Waals surface area contributed by atoms with E-state index < -0.39 is 0 Å². The van der Waals surface area contributed by atoms with Crippen LogP contribution in [0, 0.1) is 5.92 Å². The predicted octanol–water partition coefficient (Wildman–Crippen LogP) is 2.07. The number of hydrogen-bond donors (Lipinski definition) is 1. The molecular formula is C13H17NO2. The van der Waals surface area contributed by atoms with E-state index >= 15 is 0 Å². The van der Waals surface area contributed by atoms with Crippen molar-refractivity contribution in [3.63, 3.8) is 0 Å². The van der Waals surface area contributed by atoms with Crippen LogP contribution >= 0.6 is 0 Å². The van der Waals surface area contributed by atoms with E-state index in [1.807, 2.05) is 0 Å². The smallest absolute Gasteiger partial charge is 0.119 e. The molecular weight excluding hydrogens is 202 g/mol. The van der Waals surface area contributed by atoms with E-state index in [9.17, 15) is 0 Å². The number of rotatable bonds is 3. The molecule has 2 heterocycles. The summed E-state index contributed by atoms with van der Waals surface area (Å²) in [5, 5.41) is 3.40. The lowest BCUT2D eigenvalue weighted by atomic mass is 10.0. The lowest BCUT2D eigenvalue weighted by Crippen LogP contribution is -2.32. The summed E-state index contributed by atoms with van der Waals surface area (Å²) < 4.78 is 10.9. The molecule has 1 saturated heterocycles. The Morgan fingerprint density at radius 1 is 1.38 bits per heavy atom. The lowest BCUT2D eigenvalue weighted by molar-refractivity contribution is -0.0508. The maximum atomic E-state index is 5.77. The molecule has 0 unspecified atom stereocenters. The molecule has 0 aromatic heterocycles. The van der Waals surface area contributed by atoms with Crippen LogP contribution < -0.4 is 10.1 Å². The van der Waals surface area contributed by atoms with E-state index in [1.165, 1.54) is 17.7 Å². The van der Waals surface area contributed by atoms with Crippen molar-refractivity contribution >= 4 is 5.69 Å². The van der Waals surface area contributed by atoms with Gasteiger partial charge in [0.25, 0.3) is 0 Å². The van der Waals surface area contributed by atoms with Gasteiger partial charge < -0.3 is 14.8 Å². The number of hydrogen-bond acceptors (Lipinski definition) is 3. The van der Waals surface area contributed by atoms with Crippen molar-refractivity contribution in [1.82, 2.24) is 0 Å². The first-order chi connectivity index (χ1) is 7.92. The second-order valence-electron chi connectivity index (χ2n) is 4.56. The highest BCUT2D eigenvalue weighted by molar-refractivity contribution is 5.55. The zero-order valence-corrected chi connectivity index (χ0v) is 9.37. The van der Waals surface area contributed by atoms with Crippen LogP contribution in [-0.2, 0) is 11.2 Å². The van der Waals surface area contributed by atoms with Gasteiger partial charge in [-0.3, -0.25) is 0 Å². The van der Waals surface area contributed by atoms with E-state index in [4.69, 9.17) is 9.47 Å². The number of anilines is 1. The molecule has 1 aromatic carbocycles. The topological polar surface area (TPSA) is 30.5 Å². The maximum Gasteiger partial charge on any atom is 0.119 e. The van der Waals surface area contributed by atoms with Gasteiger partial charge in [-0.05, 0) is 36.6 Å². The summed E-state index contributed by atoms with van der Waals surface area (Å²) in [5.41, 5.74) is 2.65. The third kappa shape index (κ3) is 2.00. The molecule has 0 amide bonds. The summed E-state index contributed by atoms with van der Waals surface area (Å²) in [7, 11) is 0. The van der Waals surface area contributed by atoms with Crippen molar-refractivity contribution in [2.75, 3.05) is 31.7 Å². The Morgan fingerprint density at radius 3 is 3.12 bits per heavy atom. The first-order valence-electron chi connectivity index (χ1n) is 5.99. The number of ether oxygens (including phenoxy) is 2. The first kappa shape index (κ1) is 9.97. The van der Waals surface area contributed by atoms with Gasteiger partial charge in [-0.25, -0.2) is 0 Å². The fourth-order valence-corrected chi connectivity index (χ4v) is 2.14. The molecule has 1 fully saturated rings. The van der Waals surface area contributed by atoms with Crippen LogP contribution in [0.3, 0.4) is 0 Å². The Kier molecular flexibility index (Phi) is 2.70.